The zero-order valence-corrected chi connectivity index (χ0v) is 9.65. The summed E-state index contributed by atoms with van der Waals surface area (Å²) in [4.78, 5) is 13.7. The molecule has 0 spiro atoms. The number of carbonyl (C=O) groups excluding carboxylic acids is 1. The highest BCUT2D eigenvalue weighted by Gasteiger charge is 2.24. The van der Waals surface area contributed by atoms with Crippen LogP contribution in [-0.4, -0.2) is 24.4 Å². The number of carbonyl (C=O) groups is 1. The summed E-state index contributed by atoms with van der Waals surface area (Å²) in [5.41, 5.74) is 7.39. The van der Waals surface area contributed by atoms with Crippen LogP contribution in [0.4, 0.5) is 5.69 Å². The zero-order chi connectivity index (χ0) is 11.5. The first-order valence-corrected chi connectivity index (χ1v) is 5.73. The number of anilines is 1. The van der Waals surface area contributed by atoms with Gasteiger partial charge in [-0.15, -0.1) is 0 Å². The lowest BCUT2D eigenvalue weighted by Gasteiger charge is -2.16. The van der Waals surface area contributed by atoms with Crippen LogP contribution in [0.3, 0.4) is 0 Å². The fourth-order valence-corrected chi connectivity index (χ4v) is 1.80. The van der Waals surface area contributed by atoms with Crippen LogP contribution in [0.25, 0.3) is 0 Å². The molecule has 86 valence electrons. The van der Waals surface area contributed by atoms with Gasteiger partial charge in [0.2, 0.25) is 5.91 Å². The maximum absolute atomic E-state index is 11.9. The van der Waals surface area contributed by atoms with E-state index in [0.29, 0.717) is 6.42 Å². The number of benzene rings is 1. The Hall–Kier alpha value is -1.51. The van der Waals surface area contributed by atoms with Crippen LogP contribution >= 0.6 is 0 Å². The first kappa shape index (κ1) is 11.0. The molecule has 0 heterocycles. The van der Waals surface area contributed by atoms with Gasteiger partial charge in [0.15, 0.2) is 0 Å². The maximum atomic E-state index is 11.9. The average molecular weight is 218 g/mol. The van der Waals surface area contributed by atoms with Crippen LogP contribution in [0.2, 0.25) is 0 Å². The molecule has 1 aromatic rings. The third-order valence-corrected chi connectivity index (χ3v) is 2.96. The van der Waals surface area contributed by atoms with Crippen molar-refractivity contribution >= 4 is 11.6 Å². The lowest BCUT2D eigenvalue weighted by molar-refractivity contribution is -0.129. The van der Waals surface area contributed by atoms with Crippen molar-refractivity contribution in [3.05, 3.63) is 29.8 Å². The van der Waals surface area contributed by atoms with Gasteiger partial charge >= 0.3 is 0 Å². The molecule has 3 nitrogen and oxygen atoms in total. The molecule has 1 saturated carbocycles. The second-order valence-electron chi connectivity index (χ2n) is 4.64. The van der Waals surface area contributed by atoms with Crippen molar-refractivity contribution in [3.63, 3.8) is 0 Å². The number of likely N-dealkylation sites (N-methyl/N-ethyl adjacent to an activating group) is 1. The molecule has 2 rings (SSSR count). The minimum absolute atomic E-state index is 0.178. The van der Waals surface area contributed by atoms with Gasteiger partial charge in [-0.1, -0.05) is 12.1 Å². The summed E-state index contributed by atoms with van der Waals surface area (Å²) < 4.78 is 0. The molecule has 2 N–H and O–H groups in total. The topological polar surface area (TPSA) is 46.3 Å². The quantitative estimate of drug-likeness (QED) is 0.781. The molecule has 0 saturated heterocycles. The maximum Gasteiger partial charge on any atom is 0.226 e. The standard InChI is InChI=1S/C13H18N2O/c1-15(9-10-5-6-10)13(16)8-11-3-2-4-12(14)7-11/h2-4,7,10H,5-6,8-9,14H2,1H3. The first-order chi connectivity index (χ1) is 7.65. The van der Waals surface area contributed by atoms with Gasteiger partial charge in [-0.05, 0) is 36.5 Å². The monoisotopic (exact) mass is 218 g/mol. The molecule has 0 aromatic heterocycles. The Morgan fingerprint density at radius 1 is 1.50 bits per heavy atom. The van der Waals surface area contributed by atoms with Crippen LogP contribution in [0, 0.1) is 5.92 Å². The molecule has 1 aromatic carbocycles. The normalized spacial score (nSPS) is 14.8. The van der Waals surface area contributed by atoms with E-state index in [1.165, 1.54) is 12.8 Å². The van der Waals surface area contributed by atoms with Crippen molar-refractivity contribution in [2.75, 3.05) is 19.3 Å². The van der Waals surface area contributed by atoms with Crippen LogP contribution in [-0.2, 0) is 11.2 Å². The van der Waals surface area contributed by atoms with E-state index in [1.807, 2.05) is 36.2 Å². The Morgan fingerprint density at radius 2 is 2.25 bits per heavy atom. The van der Waals surface area contributed by atoms with Gasteiger partial charge in [0, 0.05) is 19.3 Å². The van der Waals surface area contributed by atoms with E-state index in [-0.39, 0.29) is 5.91 Å². The van der Waals surface area contributed by atoms with E-state index < -0.39 is 0 Å². The third kappa shape index (κ3) is 2.99. The van der Waals surface area contributed by atoms with Gasteiger partial charge in [-0.25, -0.2) is 0 Å². The third-order valence-electron chi connectivity index (χ3n) is 2.96. The Bertz CT molecular complexity index is 385. The minimum Gasteiger partial charge on any atom is -0.399 e. The zero-order valence-electron chi connectivity index (χ0n) is 9.65. The summed E-state index contributed by atoms with van der Waals surface area (Å²) in [7, 11) is 1.88. The fourth-order valence-electron chi connectivity index (χ4n) is 1.80. The second-order valence-corrected chi connectivity index (χ2v) is 4.64. The highest BCUT2D eigenvalue weighted by Crippen LogP contribution is 2.29. The molecule has 0 aliphatic heterocycles. The molecule has 16 heavy (non-hydrogen) atoms. The molecule has 1 aliphatic carbocycles. The van der Waals surface area contributed by atoms with Crippen molar-refractivity contribution in [2.45, 2.75) is 19.3 Å². The van der Waals surface area contributed by atoms with E-state index in [9.17, 15) is 4.79 Å². The molecular formula is C13H18N2O. The molecule has 0 unspecified atom stereocenters. The molecule has 3 heteroatoms. The Balaban J connectivity index is 1.90. The molecule has 1 amide bonds. The summed E-state index contributed by atoms with van der Waals surface area (Å²) in [6.07, 6.45) is 3.00. The van der Waals surface area contributed by atoms with Crippen molar-refractivity contribution < 1.29 is 4.79 Å². The first-order valence-electron chi connectivity index (χ1n) is 5.73. The van der Waals surface area contributed by atoms with Gasteiger partial charge in [0.1, 0.15) is 0 Å². The summed E-state index contributed by atoms with van der Waals surface area (Å²) in [6.45, 7) is 0.904. The number of rotatable bonds is 4. The molecule has 0 bridgehead atoms. The van der Waals surface area contributed by atoms with E-state index in [1.54, 1.807) is 0 Å². The Kier molecular flexibility index (Phi) is 3.13. The molecule has 0 atom stereocenters. The van der Waals surface area contributed by atoms with Crippen LogP contribution in [0.15, 0.2) is 24.3 Å². The van der Waals surface area contributed by atoms with Crippen LogP contribution in [0.1, 0.15) is 18.4 Å². The SMILES string of the molecule is CN(CC1CC1)C(=O)Cc1cccc(N)c1. The van der Waals surface area contributed by atoms with Crippen molar-refractivity contribution in [2.24, 2.45) is 5.92 Å². The number of amides is 1. The summed E-state index contributed by atoms with van der Waals surface area (Å²) in [6, 6.07) is 7.53. The Labute approximate surface area is 96.2 Å². The number of nitrogen functional groups attached to an aromatic ring is 1. The van der Waals surface area contributed by atoms with E-state index in [0.717, 1.165) is 23.7 Å². The van der Waals surface area contributed by atoms with Crippen LogP contribution < -0.4 is 5.73 Å². The van der Waals surface area contributed by atoms with E-state index in [4.69, 9.17) is 5.73 Å². The van der Waals surface area contributed by atoms with Crippen molar-refractivity contribution in [1.82, 2.24) is 4.90 Å². The molecule has 0 radical (unpaired) electrons. The van der Waals surface area contributed by atoms with Gasteiger partial charge < -0.3 is 10.6 Å². The van der Waals surface area contributed by atoms with E-state index in [2.05, 4.69) is 0 Å². The summed E-state index contributed by atoms with van der Waals surface area (Å²) in [5.74, 6) is 0.923. The molecule has 1 aliphatic rings. The Morgan fingerprint density at radius 3 is 2.88 bits per heavy atom. The smallest absolute Gasteiger partial charge is 0.226 e. The van der Waals surface area contributed by atoms with Crippen molar-refractivity contribution in [1.29, 1.82) is 0 Å². The molecule has 1 fully saturated rings. The minimum atomic E-state index is 0.178. The lowest BCUT2D eigenvalue weighted by atomic mass is 10.1. The highest BCUT2D eigenvalue weighted by atomic mass is 16.2. The number of hydrogen-bond acceptors (Lipinski definition) is 2. The van der Waals surface area contributed by atoms with Crippen molar-refractivity contribution in [3.8, 4) is 0 Å². The molecular weight excluding hydrogens is 200 g/mol. The summed E-state index contributed by atoms with van der Waals surface area (Å²) >= 11 is 0. The summed E-state index contributed by atoms with van der Waals surface area (Å²) in [5, 5.41) is 0. The van der Waals surface area contributed by atoms with E-state index >= 15 is 0 Å². The van der Waals surface area contributed by atoms with Gasteiger partial charge in [-0.2, -0.15) is 0 Å². The number of nitrogens with two attached hydrogens (primary N) is 1. The predicted octanol–water partition coefficient (Wildman–Crippen LogP) is 1.68. The van der Waals surface area contributed by atoms with Gasteiger partial charge in [0.25, 0.3) is 0 Å². The van der Waals surface area contributed by atoms with Gasteiger partial charge in [-0.3, -0.25) is 4.79 Å². The van der Waals surface area contributed by atoms with Crippen LogP contribution in [0.5, 0.6) is 0 Å². The number of hydrogen-bond donors (Lipinski definition) is 1. The lowest BCUT2D eigenvalue weighted by Crippen LogP contribution is -2.30. The predicted molar refractivity (Wildman–Crippen MR) is 64.9 cm³/mol. The fraction of sp³-hybridized carbons (Fsp3) is 0.462. The number of nitrogens with zero attached hydrogens (tertiary/aromatic N) is 1. The van der Waals surface area contributed by atoms with Gasteiger partial charge in [0.05, 0.1) is 6.42 Å². The average Bonchev–Trinajstić information content (AvgIpc) is 3.01. The largest absolute Gasteiger partial charge is 0.399 e. The second kappa shape index (κ2) is 4.56. The highest BCUT2D eigenvalue weighted by molar-refractivity contribution is 5.78.